The van der Waals surface area contributed by atoms with Gasteiger partial charge in [0.25, 0.3) is 0 Å². The Morgan fingerprint density at radius 2 is 0.667 bits per heavy atom. The predicted molar refractivity (Wildman–Crippen MR) is 145 cm³/mol. The van der Waals surface area contributed by atoms with Gasteiger partial charge in [0.15, 0.2) is 0 Å². The first kappa shape index (κ1) is 18.6. The zero-order chi connectivity index (χ0) is 21.8. The van der Waals surface area contributed by atoms with Crippen molar-refractivity contribution in [1.29, 1.82) is 0 Å². The van der Waals surface area contributed by atoms with E-state index in [4.69, 9.17) is 0 Å². The van der Waals surface area contributed by atoms with Gasteiger partial charge in [-0.3, -0.25) is 0 Å². The minimum atomic E-state index is 1.28. The van der Waals surface area contributed by atoms with E-state index >= 15 is 0 Å². The maximum absolute atomic E-state index is 2.32. The molecule has 0 bridgehead atoms. The smallest absolute Gasteiger partial charge is 0.0349 e. The van der Waals surface area contributed by atoms with E-state index in [1.165, 1.54) is 64.0 Å². The Hall–Kier alpha value is -3.94. The number of hydrogen-bond donors (Lipinski definition) is 0. The van der Waals surface area contributed by atoms with Crippen LogP contribution < -0.4 is 0 Å². The first-order chi connectivity index (χ1) is 16.3. The molecule has 0 fully saturated rings. The molecule has 0 saturated carbocycles. The highest BCUT2D eigenvalue weighted by Crippen LogP contribution is 2.37. The summed E-state index contributed by atoms with van der Waals surface area (Å²) in [5, 5.41) is 10.3. The van der Waals surface area contributed by atoms with Gasteiger partial charge in [0.2, 0.25) is 0 Å². The Morgan fingerprint density at radius 1 is 0.303 bits per heavy atom. The summed E-state index contributed by atoms with van der Waals surface area (Å²) in [7, 11) is 0. The second-order valence-corrected chi connectivity index (χ2v) is 9.77. The van der Waals surface area contributed by atoms with E-state index in [2.05, 4.69) is 121 Å². The van der Waals surface area contributed by atoms with Crippen LogP contribution in [0, 0.1) is 0 Å². The van der Waals surface area contributed by atoms with Crippen LogP contribution >= 0.6 is 11.3 Å². The van der Waals surface area contributed by atoms with Gasteiger partial charge in [-0.1, -0.05) is 72.8 Å². The number of rotatable bonds is 2. The SMILES string of the molecule is c1ccc2cc3cc(-c4ccc(-c5ccc6cc7ccccc7cc6c5)s4)ccc3cc2c1. The quantitative estimate of drug-likeness (QED) is 0.237. The molecule has 1 aromatic heterocycles. The molecule has 0 aliphatic carbocycles. The van der Waals surface area contributed by atoms with Crippen molar-refractivity contribution in [2.75, 3.05) is 0 Å². The zero-order valence-electron chi connectivity index (χ0n) is 18.0. The Kier molecular flexibility index (Phi) is 4.12. The number of thiophene rings is 1. The third-order valence-corrected chi connectivity index (χ3v) is 7.77. The highest BCUT2D eigenvalue weighted by Gasteiger charge is 2.08. The van der Waals surface area contributed by atoms with E-state index in [0.717, 1.165) is 0 Å². The first-order valence-corrected chi connectivity index (χ1v) is 12.1. The Balaban J connectivity index is 1.29. The fourth-order valence-electron chi connectivity index (χ4n) is 4.83. The van der Waals surface area contributed by atoms with Gasteiger partial charge in [-0.2, -0.15) is 0 Å². The molecule has 7 aromatic rings. The van der Waals surface area contributed by atoms with Crippen LogP contribution in [0.15, 0.2) is 121 Å². The molecule has 154 valence electrons. The highest BCUT2D eigenvalue weighted by molar-refractivity contribution is 7.18. The number of hydrogen-bond acceptors (Lipinski definition) is 1. The van der Waals surface area contributed by atoms with Crippen molar-refractivity contribution in [3.63, 3.8) is 0 Å². The molecule has 0 aliphatic heterocycles. The molecular weight excluding hydrogens is 416 g/mol. The van der Waals surface area contributed by atoms with Crippen LogP contribution in [0.2, 0.25) is 0 Å². The van der Waals surface area contributed by atoms with Crippen molar-refractivity contribution in [2.24, 2.45) is 0 Å². The second-order valence-electron chi connectivity index (χ2n) is 8.69. The summed E-state index contributed by atoms with van der Waals surface area (Å²) in [6, 6.07) is 44.5. The van der Waals surface area contributed by atoms with Crippen LogP contribution in [0.4, 0.5) is 0 Å². The molecule has 0 aliphatic rings. The summed E-state index contributed by atoms with van der Waals surface area (Å²) in [6.07, 6.45) is 0. The van der Waals surface area contributed by atoms with Gasteiger partial charge in [-0.25, -0.2) is 0 Å². The summed E-state index contributed by atoms with van der Waals surface area (Å²) in [5.74, 6) is 0. The summed E-state index contributed by atoms with van der Waals surface area (Å²) in [6.45, 7) is 0. The molecule has 0 amide bonds. The third-order valence-electron chi connectivity index (χ3n) is 6.58. The highest BCUT2D eigenvalue weighted by atomic mass is 32.1. The molecule has 0 unspecified atom stereocenters. The minimum Gasteiger partial charge on any atom is -0.135 e. The predicted octanol–water partition coefficient (Wildman–Crippen LogP) is 9.69. The minimum absolute atomic E-state index is 1.28. The van der Waals surface area contributed by atoms with Crippen molar-refractivity contribution in [2.45, 2.75) is 0 Å². The van der Waals surface area contributed by atoms with E-state index in [9.17, 15) is 0 Å². The monoisotopic (exact) mass is 436 g/mol. The molecule has 1 heteroatoms. The standard InChI is InChI=1S/C32H20S/c1-3-7-23-17-29-19-27(11-9-25(29)15-21(23)5-1)31-13-14-32(33-31)28-12-10-26-16-22-6-2-4-8-24(22)18-30(26)20-28/h1-20H. The fourth-order valence-corrected chi connectivity index (χ4v) is 5.83. The Morgan fingerprint density at radius 3 is 1.09 bits per heavy atom. The number of fused-ring (bicyclic) bond motifs is 4. The van der Waals surface area contributed by atoms with Crippen LogP contribution in [0.25, 0.3) is 64.0 Å². The van der Waals surface area contributed by atoms with Gasteiger partial charge < -0.3 is 0 Å². The lowest BCUT2D eigenvalue weighted by Crippen LogP contribution is -1.78. The average molecular weight is 437 g/mol. The molecule has 0 atom stereocenters. The van der Waals surface area contributed by atoms with Crippen molar-refractivity contribution in [3.05, 3.63) is 121 Å². The van der Waals surface area contributed by atoms with Crippen LogP contribution in [-0.2, 0) is 0 Å². The lowest BCUT2D eigenvalue weighted by molar-refractivity contribution is 1.74. The normalized spacial score (nSPS) is 11.6. The Bertz CT molecular complexity index is 1690. The van der Waals surface area contributed by atoms with Crippen LogP contribution in [-0.4, -0.2) is 0 Å². The molecule has 7 rings (SSSR count). The fraction of sp³-hybridized carbons (Fsp3) is 0. The maximum atomic E-state index is 2.32. The molecular formula is C32H20S. The van der Waals surface area contributed by atoms with Crippen molar-refractivity contribution in [1.82, 2.24) is 0 Å². The summed E-state index contributed by atoms with van der Waals surface area (Å²) in [4.78, 5) is 2.61. The Labute approximate surface area is 196 Å². The molecule has 6 aromatic carbocycles. The van der Waals surface area contributed by atoms with Crippen molar-refractivity contribution < 1.29 is 0 Å². The van der Waals surface area contributed by atoms with Crippen molar-refractivity contribution >= 4 is 54.4 Å². The van der Waals surface area contributed by atoms with Gasteiger partial charge >= 0.3 is 0 Å². The summed E-state index contributed by atoms with van der Waals surface area (Å²) < 4.78 is 0. The summed E-state index contributed by atoms with van der Waals surface area (Å²) >= 11 is 1.86. The topological polar surface area (TPSA) is 0 Å². The van der Waals surface area contributed by atoms with Gasteiger partial charge in [0.05, 0.1) is 0 Å². The maximum Gasteiger partial charge on any atom is 0.0349 e. The van der Waals surface area contributed by atoms with Gasteiger partial charge in [0.1, 0.15) is 0 Å². The van der Waals surface area contributed by atoms with Crippen LogP contribution in [0.1, 0.15) is 0 Å². The zero-order valence-corrected chi connectivity index (χ0v) is 18.8. The summed E-state index contributed by atoms with van der Waals surface area (Å²) in [5.41, 5.74) is 2.56. The van der Waals surface area contributed by atoms with Crippen molar-refractivity contribution in [3.8, 4) is 20.9 Å². The van der Waals surface area contributed by atoms with Crippen LogP contribution in [0.3, 0.4) is 0 Å². The van der Waals surface area contributed by atoms with Crippen LogP contribution in [0.5, 0.6) is 0 Å². The van der Waals surface area contributed by atoms with E-state index in [-0.39, 0.29) is 0 Å². The van der Waals surface area contributed by atoms with E-state index in [1.807, 2.05) is 11.3 Å². The van der Waals surface area contributed by atoms with Gasteiger partial charge in [-0.15, -0.1) is 11.3 Å². The van der Waals surface area contributed by atoms with E-state index in [1.54, 1.807) is 0 Å². The molecule has 1 heterocycles. The molecule has 0 spiro atoms. The average Bonchev–Trinajstić information content (AvgIpc) is 3.36. The molecule has 33 heavy (non-hydrogen) atoms. The van der Waals surface area contributed by atoms with Gasteiger partial charge in [-0.05, 0) is 103 Å². The lowest BCUT2D eigenvalue weighted by atomic mass is 10.0. The molecule has 0 N–H and O–H groups in total. The lowest BCUT2D eigenvalue weighted by Gasteiger charge is -2.06. The largest absolute Gasteiger partial charge is 0.135 e. The second kappa shape index (κ2) is 7.30. The number of benzene rings is 6. The van der Waals surface area contributed by atoms with E-state index < -0.39 is 0 Å². The molecule has 0 radical (unpaired) electrons. The molecule has 0 nitrogen and oxygen atoms in total. The van der Waals surface area contributed by atoms with Gasteiger partial charge in [0, 0.05) is 9.75 Å². The molecule has 0 saturated heterocycles. The van der Waals surface area contributed by atoms with E-state index in [0.29, 0.717) is 0 Å². The third kappa shape index (κ3) is 3.21. The first-order valence-electron chi connectivity index (χ1n) is 11.3.